The minimum absolute atomic E-state index is 0.217. The quantitative estimate of drug-likeness (QED) is 0.699. The van der Waals surface area contributed by atoms with Crippen molar-refractivity contribution >= 4 is 17.9 Å². The summed E-state index contributed by atoms with van der Waals surface area (Å²) >= 11 is 0. The number of methoxy groups -OCH3 is 2. The molecule has 3 rings (SSSR count). The van der Waals surface area contributed by atoms with Gasteiger partial charge < -0.3 is 9.47 Å². The molecular weight excluding hydrogens is 372 g/mol. The van der Waals surface area contributed by atoms with E-state index in [-0.39, 0.29) is 11.8 Å². The lowest BCUT2D eigenvalue weighted by Gasteiger charge is -2.27. The molecule has 8 heteroatoms. The molecule has 1 aromatic carbocycles. The Labute approximate surface area is 170 Å². The van der Waals surface area contributed by atoms with Gasteiger partial charge in [-0.15, -0.1) is 0 Å². The zero-order chi connectivity index (χ0) is 21.0. The molecule has 2 heterocycles. The van der Waals surface area contributed by atoms with Crippen molar-refractivity contribution in [2.24, 2.45) is 0 Å². The lowest BCUT2D eigenvalue weighted by molar-refractivity contribution is -0.134. The van der Waals surface area contributed by atoms with Crippen LogP contribution in [0.4, 0.5) is 0 Å². The van der Waals surface area contributed by atoms with Crippen LogP contribution in [-0.2, 0) is 11.3 Å². The third kappa shape index (κ3) is 4.26. The number of aromatic nitrogens is 2. The van der Waals surface area contributed by atoms with Gasteiger partial charge in [0.25, 0.3) is 11.8 Å². The maximum absolute atomic E-state index is 13.0. The maximum atomic E-state index is 13.0. The monoisotopic (exact) mass is 398 g/mol. The Morgan fingerprint density at radius 3 is 2.59 bits per heavy atom. The Balaban J connectivity index is 1.80. The molecule has 154 valence electrons. The van der Waals surface area contributed by atoms with Crippen molar-refractivity contribution in [2.75, 3.05) is 27.3 Å². The molecule has 0 unspecified atom stereocenters. The van der Waals surface area contributed by atoms with Gasteiger partial charge in [0.1, 0.15) is 17.2 Å². The highest BCUT2D eigenvalue weighted by molar-refractivity contribution is 5.97. The number of rotatable bonds is 6. The molecule has 1 aromatic heterocycles. The van der Waals surface area contributed by atoms with Crippen molar-refractivity contribution in [3.05, 3.63) is 47.3 Å². The lowest BCUT2D eigenvalue weighted by Crippen LogP contribution is -2.44. The molecule has 29 heavy (non-hydrogen) atoms. The van der Waals surface area contributed by atoms with Gasteiger partial charge in [0.2, 0.25) is 0 Å². The molecule has 1 aliphatic heterocycles. The summed E-state index contributed by atoms with van der Waals surface area (Å²) < 4.78 is 12.2. The number of carbonyl (C=O) groups is 2. The fourth-order valence-electron chi connectivity index (χ4n) is 3.36. The fourth-order valence-corrected chi connectivity index (χ4v) is 3.36. The second kappa shape index (κ2) is 8.81. The van der Waals surface area contributed by atoms with E-state index in [1.54, 1.807) is 49.2 Å². The number of ether oxygens (including phenoxy) is 2. The van der Waals surface area contributed by atoms with Crippen LogP contribution in [0.25, 0.3) is 6.08 Å². The van der Waals surface area contributed by atoms with Crippen molar-refractivity contribution in [1.82, 2.24) is 19.8 Å². The molecule has 2 aromatic rings. The molecule has 0 saturated carbocycles. The van der Waals surface area contributed by atoms with Crippen molar-refractivity contribution in [3.63, 3.8) is 0 Å². The van der Waals surface area contributed by atoms with Gasteiger partial charge in [-0.3, -0.25) is 14.3 Å². The molecule has 0 aliphatic carbocycles. The number of hydrazine groups is 1. The van der Waals surface area contributed by atoms with E-state index < -0.39 is 0 Å². The Morgan fingerprint density at radius 1 is 1.14 bits per heavy atom. The summed E-state index contributed by atoms with van der Waals surface area (Å²) in [5.41, 5.74) is 1.98. The molecule has 1 fully saturated rings. The number of nitrogens with zero attached hydrogens (tertiary/aromatic N) is 4. The highest BCUT2D eigenvalue weighted by atomic mass is 16.5. The van der Waals surface area contributed by atoms with Crippen molar-refractivity contribution < 1.29 is 19.1 Å². The zero-order valence-corrected chi connectivity index (χ0v) is 17.2. The third-order valence-electron chi connectivity index (χ3n) is 4.78. The Kier molecular flexibility index (Phi) is 6.21. The number of aryl methyl sites for hydroxylation is 2. The molecule has 8 nitrogen and oxygen atoms in total. The van der Waals surface area contributed by atoms with Gasteiger partial charge in [-0.25, -0.2) is 10.0 Å². The van der Waals surface area contributed by atoms with E-state index in [2.05, 4.69) is 5.10 Å². The van der Waals surface area contributed by atoms with E-state index in [0.717, 1.165) is 17.7 Å². The van der Waals surface area contributed by atoms with Gasteiger partial charge in [-0.1, -0.05) is 0 Å². The summed E-state index contributed by atoms with van der Waals surface area (Å²) in [6, 6.07) is 7.11. The van der Waals surface area contributed by atoms with E-state index in [1.165, 1.54) is 16.1 Å². The molecule has 2 amide bonds. The van der Waals surface area contributed by atoms with Gasteiger partial charge >= 0.3 is 0 Å². The van der Waals surface area contributed by atoms with Crippen LogP contribution < -0.4 is 9.47 Å². The van der Waals surface area contributed by atoms with Crippen LogP contribution in [0.1, 0.15) is 35.1 Å². The number of hydrogen-bond donors (Lipinski definition) is 0. The summed E-state index contributed by atoms with van der Waals surface area (Å²) in [6.45, 7) is 5.35. The summed E-state index contributed by atoms with van der Waals surface area (Å²) in [7, 11) is 3.15. The maximum Gasteiger partial charge on any atom is 0.290 e. The second-order valence-corrected chi connectivity index (χ2v) is 6.67. The fraction of sp³-hybridized carbons (Fsp3) is 0.381. The minimum atomic E-state index is -0.264. The van der Waals surface area contributed by atoms with E-state index in [0.29, 0.717) is 36.8 Å². The first-order valence-corrected chi connectivity index (χ1v) is 9.56. The van der Waals surface area contributed by atoms with E-state index in [4.69, 9.17) is 9.47 Å². The molecule has 0 N–H and O–H groups in total. The van der Waals surface area contributed by atoms with Crippen molar-refractivity contribution in [3.8, 4) is 11.5 Å². The van der Waals surface area contributed by atoms with Crippen LogP contribution in [0.15, 0.2) is 30.3 Å². The van der Waals surface area contributed by atoms with Crippen LogP contribution in [-0.4, -0.2) is 58.9 Å². The molecule has 0 spiro atoms. The molecule has 0 bridgehead atoms. The summed E-state index contributed by atoms with van der Waals surface area (Å²) in [4.78, 5) is 25.9. The van der Waals surface area contributed by atoms with E-state index in [1.807, 2.05) is 13.8 Å². The molecule has 0 atom stereocenters. The molecule has 1 saturated heterocycles. The molecule has 0 radical (unpaired) electrons. The predicted molar refractivity (Wildman–Crippen MR) is 109 cm³/mol. The first-order chi connectivity index (χ1) is 14.0. The smallest absolute Gasteiger partial charge is 0.290 e. The number of carbonyl (C=O) groups excluding carboxylic acids is 2. The second-order valence-electron chi connectivity index (χ2n) is 6.67. The standard InChI is InChI=1S/C21H26N4O4/c1-5-23-18(13-15(2)22-23)21(27)25-12-6-11-24(25)20(26)10-7-16-14-17(28-3)8-9-19(16)29-4/h7-10,13-14H,5-6,11-12H2,1-4H3. The van der Waals surface area contributed by atoms with Crippen LogP contribution in [0.3, 0.4) is 0 Å². The van der Waals surface area contributed by atoms with Gasteiger partial charge in [-0.2, -0.15) is 5.10 Å². The van der Waals surface area contributed by atoms with Gasteiger partial charge in [0.05, 0.1) is 19.9 Å². The van der Waals surface area contributed by atoms with Crippen LogP contribution in [0.2, 0.25) is 0 Å². The Hall–Kier alpha value is -3.29. The van der Waals surface area contributed by atoms with Gasteiger partial charge in [0.15, 0.2) is 0 Å². The third-order valence-corrected chi connectivity index (χ3v) is 4.78. The summed E-state index contributed by atoms with van der Waals surface area (Å²) in [5.74, 6) is 0.816. The highest BCUT2D eigenvalue weighted by Crippen LogP contribution is 2.25. The number of amides is 2. The van der Waals surface area contributed by atoms with Crippen LogP contribution in [0.5, 0.6) is 11.5 Å². The minimum Gasteiger partial charge on any atom is -0.497 e. The van der Waals surface area contributed by atoms with E-state index >= 15 is 0 Å². The Morgan fingerprint density at radius 2 is 1.90 bits per heavy atom. The van der Waals surface area contributed by atoms with Gasteiger partial charge in [-0.05, 0) is 50.6 Å². The van der Waals surface area contributed by atoms with Crippen LogP contribution >= 0.6 is 0 Å². The summed E-state index contributed by atoms with van der Waals surface area (Å²) in [5, 5.41) is 7.31. The lowest BCUT2D eigenvalue weighted by atomic mass is 10.1. The van der Waals surface area contributed by atoms with Crippen molar-refractivity contribution in [2.45, 2.75) is 26.8 Å². The number of hydrogen-bond acceptors (Lipinski definition) is 5. The first-order valence-electron chi connectivity index (χ1n) is 9.56. The predicted octanol–water partition coefficient (Wildman–Crippen LogP) is 2.53. The topological polar surface area (TPSA) is 76.9 Å². The summed E-state index contributed by atoms with van der Waals surface area (Å²) in [6.07, 6.45) is 3.85. The molecule has 1 aliphatic rings. The highest BCUT2D eigenvalue weighted by Gasteiger charge is 2.32. The number of benzene rings is 1. The molecular formula is C21H26N4O4. The van der Waals surface area contributed by atoms with Crippen molar-refractivity contribution in [1.29, 1.82) is 0 Å². The van der Waals surface area contributed by atoms with Crippen LogP contribution in [0, 0.1) is 6.92 Å². The largest absolute Gasteiger partial charge is 0.497 e. The average molecular weight is 398 g/mol. The zero-order valence-electron chi connectivity index (χ0n) is 17.2. The van der Waals surface area contributed by atoms with E-state index in [9.17, 15) is 9.59 Å². The van der Waals surface area contributed by atoms with Gasteiger partial charge in [0, 0.05) is 31.3 Å². The Bertz CT molecular complexity index is 935. The normalized spacial score (nSPS) is 13.9. The SMILES string of the molecule is CCn1nc(C)cc1C(=O)N1CCCN1C(=O)C=Cc1cc(OC)ccc1OC. The first kappa shape index (κ1) is 20.4. The average Bonchev–Trinajstić information content (AvgIpc) is 3.37.